The summed E-state index contributed by atoms with van der Waals surface area (Å²) in [6.07, 6.45) is 4.47. The van der Waals surface area contributed by atoms with Crippen LogP contribution in [0.25, 0.3) is 10.2 Å². The summed E-state index contributed by atoms with van der Waals surface area (Å²) < 4.78 is 1.29. The lowest BCUT2D eigenvalue weighted by molar-refractivity contribution is 0.230. The second-order valence-corrected chi connectivity index (χ2v) is 6.21. The molecular weight excluding hydrogens is 256 g/mol. The number of aliphatic hydroxyl groups is 1. The van der Waals surface area contributed by atoms with Crippen molar-refractivity contribution in [2.24, 2.45) is 0 Å². The molecule has 3 rings (SSSR count). The zero-order valence-electron chi connectivity index (χ0n) is 11.1. The molecule has 3 nitrogen and oxygen atoms in total. The molecule has 1 aromatic heterocycles. The molecule has 1 atom stereocenters. The normalized spacial score (nSPS) is 20.4. The highest BCUT2D eigenvalue weighted by atomic mass is 32.1. The second-order valence-electron chi connectivity index (χ2n) is 5.14. The van der Waals surface area contributed by atoms with E-state index in [1.54, 1.807) is 0 Å². The number of likely N-dealkylation sites (tertiary alicyclic amines) is 1. The molecule has 2 aromatic rings. The largest absolute Gasteiger partial charge is 0.396 e. The van der Waals surface area contributed by atoms with Crippen molar-refractivity contribution in [2.75, 3.05) is 19.7 Å². The van der Waals surface area contributed by atoms with E-state index in [0.717, 1.165) is 24.9 Å². The van der Waals surface area contributed by atoms with Crippen LogP contribution in [-0.2, 0) is 0 Å². The smallest absolute Gasteiger partial charge is 0.111 e. The third-order valence-electron chi connectivity index (χ3n) is 3.81. The lowest BCUT2D eigenvalue weighted by atomic mass is 10.2. The van der Waals surface area contributed by atoms with Gasteiger partial charge in [0.25, 0.3) is 0 Å². The van der Waals surface area contributed by atoms with Crippen LogP contribution in [0.4, 0.5) is 0 Å². The van der Waals surface area contributed by atoms with E-state index in [-0.39, 0.29) is 0 Å². The molecule has 0 bridgehead atoms. The van der Waals surface area contributed by atoms with Crippen molar-refractivity contribution < 1.29 is 5.11 Å². The molecule has 0 spiro atoms. The number of hydrogen-bond acceptors (Lipinski definition) is 4. The maximum Gasteiger partial charge on any atom is 0.111 e. The molecule has 1 aliphatic rings. The predicted molar refractivity (Wildman–Crippen MR) is 79.5 cm³/mol. The number of fused-ring (bicyclic) bond motifs is 1. The Morgan fingerprint density at radius 3 is 3.05 bits per heavy atom. The summed E-state index contributed by atoms with van der Waals surface area (Å²) >= 11 is 1.84. The molecule has 102 valence electrons. The quantitative estimate of drug-likeness (QED) is 0.852. The fraction of sp³-hybridized carbons (Fsp3) is 0.533. The van der Waals surface area contributed by atoms with Crippen molar-refractivity contribution in [1.82, 2.24) is 9.88 Å². The molecular formula is C15H20N2OS. The van der Waals surface area contributed by atoms with Gasteiger partial charge >= 0.3 is 0 Å². The molecule has 1 unspecified atom stereocenters. The van der Waals surface area contributed by atoms with Gasteiger partial charge in [-0.05, 0) is 50.9 Å². The molecule has 4 heteroatoms. The first kappa shape index (κ1) is 13.0. The van der Waals surface area contributed by atoms with Crippen molar-refractivity contribution in [3.63, 3.8) is 0 Å². The Balaban J connectivity index is 1.76. The highest BCUT2D eigenvalue weighted by Crippen LogP contribution is 2.36. The lowest BCUT2D eigenvalue weighted by Crippen LogP contribution is -2.24. The fourth-order valence-corrected chi connectivity index (χ4v) is 3.97. The Labute approximate surface area is 117 Å². The predicted octanol–water partition coefficient (Wildman–Crippen LogP) is 3.21. The minimum absolute atomic E-state index is 0.305. The highest BCUT2D eigenvalue weighted by Gasteiger charge is 2.27. The second kappa shape index (κ2) is 5.99. The number of aromatic nitrogens is 1. The van der Waals surface area contributed by atoms with Crippen molar-refractivity contribution >= 4 is 21.6 Å². The van der Waals surface area contributed by atoms with Crippen LogP contribution in [0, 0.1) is 0 Å². The van der Waals surface area contributed by atoms with E-state index in [2.05, 4.69) is 29.2 Å². The van der Waals surface area contributed by atoms with Gasteiger partial charge in [0.2, 0.25) is 0 Å². The summed E-state index contributed by atoms with van der Waals surface area (Å²) in [5, 5.41) is 10.2. The minimum Gasteiger partial charge on any atom is -0.396 e. The average molecular weight is 276 g/mol. The van der Waals surface area contributed by atoms with Crippen LogP contribution in [0.3, 0.4) is 0 Å². The molecule has 0 amide bonds. The monoisotopic (exact) mass is 276 g/mol. The van der Waals surface area contributed by atoms with Crippen LogP contribution in [0.1, 0.15) is 36.7 Å². The van der Waals surface area contributed by atoms with Gasteiger partial charge in [-0.1, -0.05) is 12.1 Å². The first-order chi connectivity index (χ1) is 9.38. The zero-order chi connectivity index (χ0) is 13.1. The fourth-order valence-electron chi connectivity index (χ4n) is 2.83. The number of aliphatic hydroxyl groups excluding tert-OH is 1. The number of benzene rings is 1. The van der Waals surface area contributed by atoms with E-state index >= 15 is 0 Å². The standard InChI is InChI=1S/C15H20N2OS/c18-11-4-3-9-17-10-5-7-13(17)15-16-12-6-1-2-8-14(12)19-15/h1-2,6,8,13,18H,3-5,7,9-11H2. The van der Waals surface area contributed by atoms with Crippen LogP contribution in [0.5, 0.6) is 0 Å². The average Bonchev–Trinajstić information content (AvgIpc) is 3.04. The maximum atomic E-state index is 8.89. The van der Waals surface area contributed by atoms with E-state index in [4.69, 9.17) is 10.1 Å². The molecule has 2 heterocycles. The van der Waals surface area contributed by atoms with Gasteiger partial charge in [-0.15, -0.1) is 11.3 Å². The Hall–Kier alpha value is -0.970. The Kier molecular flexibility index (Phi) is 4.11. The van der Waals surface area contributed by atoms with Crippen molar-refractivity contribution in [1.29, 1.82) is 0 Å². The number of thiazole rings is 1. The first-order valence-corrected chi connectivity index (χ1v) is 7.90. The lowest BCUT2D eigenvalue weighted by Gasteiger charge is -2.22. The third kappa shape index (κ3) is 2.81. The molecule has 1 N–H and O–H groups in total. The molecule has 1 saturated heterocycles. The van der Waals surface area contributed by atoms with E-state index in [9.17, 15) is 0 Å². The van der Waals surface area contributed by atoms with E-state index in [0.29, 0.717) is 12.6 Å². The number of unbranched alkanes of at least 4 members (excludes halogenated alkanes) is 1. The van der Waals surface area contributed by atoms with Gasteiger partial charge in [0, 0.05) is 6.61 Å². The van der Waals surface area contributed by atoms with Crippen molar-refractivity contribution in [2.45, 2.75) is 31.7 Å². The van der Waals surface area contributed by atoms with Crippen LogP contribution in [0.15, 0.2) is 24.3 Å². The number of para-hydroxylation sites is 1. The van der Waals surface area contributed by atoms with Crippen LogP contribution in [0.2, 0.25) is 0 Å². The topological polar surface area (TPSA) is 36.4 Å². The SMILES string of the molecule is OCCCCN1CCCC1c1nc2ccccc2s1. The minimum atomic E-state index is 0.305. The van der Waals surface area contributed by atoms with E-state index < -0.39 is 0 Å². The summed E-state index contributed by atoms with van der Waals surface area (Å²) in [6, 6.07) is 8.88. The summed E-state index contributed by atoms with van der Waals surface area (Å²) in [5.74, 6) is 0. The summed E-state index contributed by atoms with van der Waals surface area (Å²) in [4.78, 5) is 7.34. The van der Waals surface area contributed by atoms with Gasteiger partial charge < -0.3 is 5.11 Å². The Bertz CT molecular complexity index is 507. The van der Waals surface area contributed by atoms with Gasteiger partial charge in [-0.25, -0.2) is 4.98 Å². The van der Waals surface area contributed by atoms with Gasteiger partial charge in [-0.3, -0.25) is 4.90 Å². The number of hydrogen-bond donors (Lipinski definition) is 1. The van der Waals surface area contributed by atoms with Gasteiger partial charge in [0.1, 0.15) is 5.01 Å². The first-order valence-electron chi connectivity index (χ1n) is 7.09. The molecule has 0 aliphatic carbocycles. The Morgan fingerprint density at radius 1 is 1.32 bits per heavy atom. The van der Waals surface area contributed by atoms with Crippen LogP contribution < -0.4 is 0 Å². The van der Waals surface area contributed by atoms with Gasteiger partial charge in [-0.2, -0.15) is 0 Å². The molecule has 0 radical (unpaired) electrons. The summed E-state index contributed by atoms with van der Waals surface area (Å²) in [6.45, 7) is 2.56. The van der Waals surface area contributed by atoms with Crippen LogP contribution >= 0.6 is 11.3 Å². The molecule has 0 saturated carbocycles. The molecule has 1 fully saturated rings. The van der Waals surface area contributed by atoms with Crippen molar-refractivity contribution in [3.05, 3.63) is 29.3 Å². The number of rotatable bonds is 5. The third-order valence-corrected chi connectivity index (χ3v) is 4.95. The van der Waals surface area contributed by atoms with Crippen LogP contribution in [-0.4, -0.2) is 34.7 Å². The summed E-state index contributed by atoms with van der Waals surface area (Å²) in [5.41, 5.74) is 1.13. The summed E-state index contributed by atoms with van der Waals surface area (Å²) in [7, 11) is 0. The van der Waals surface area contributed by atoms with E-state index in [1.807, 2.05) is 11.3 Å². The van der Waals surface area contributed by atoms with Crippen molar-refractivity contribution in [3.8, 4) is 0 Å². The molecule has 1 aliphatic heterocycles. The van der Waals surface area contributed by atoms with Gasteiger partial charge in [0.15, 0.2) is 0 Å². The van der Waals surface area contributed by atoms with Gasteiger partial charge in [0.05, 0.1) is 16.3 Å². The zero-order valence-corrected chi connectivity index (χ0v) is 11.9. The maximum absolute atomic E-state index is 8.89. The Morgan fingerprint density at radius 2 is 2.21 bits per heavy atom. The number of nitrogens with zero attached hydrogens (tertiary/aromatic N) is 2. The highest BCUT2D eigenvalue weighted by molar-refractivity contribution is 7.18. The van der Waals surface area contributed by atoms with E-state index in [1.165, 1.54) is 29.1 Å². The molecule has 19 heavy (non-hydrogen) atoms. The molecule has 1 aromatic carbocycles.